The summed E-state index contributed by atoms with van der Waals surface area (Å²) >= 11 is 0. The molecule has 1 unspecified atom stereocenters. The lowest BCUT2D eigenvalue weighted by Gasteiger charge is -2.33. The number of nitrogens with zero attached hydrogens (tertiary/aromatic N) is 2. The van der Waals surface area contributed by atoms with E-state index >= 15 is 0 Å². The van der Waals surface area contributed by atoms with Gasteiger partial charge in [0.05, 0.1) is 5.92 Å². The number of ether oxygens (including phenoxy) is 1. The fourth-order valence-electron chi connectivity index (χ4n) is 2.80. The molecule has 0 bridgehead atoms. The summed E-state index contributed by atoms with van der Waals surface area (Å²) in [6.07, 6.45) is 3.08. The Morgan fingerprint density at radius 2 is 2.00 bits per heavy atom. The van der Waals surface area contributed by atoms with E-state index in [1.165, 1.54) is 4.57 Å². The summed E-state index contributed by atoms with van der Waals surface area (Å²) in [7, 11) is 1.64. The number of esters is 1. The summed E-state index contributed by atoms with van der Waals surface area (Å²) in [6, 6.07) is 1.41. The van der Waals surface area contributed by atoms with Crippen LogP contribution in [0.4, 0.5) is 10.5 Å². The topological polar surface area (TPSA) is 80.6 Å². The predicted molar refractivity (Wildman–Crippen MR) is 95.6 cm³/mol. The first-order chi connectivity index (χ1) is 11.6. The number of pyridine rings is 1. The Hall–Kier alpha value is -2.31. The number of piperidine rings is 1. The van der Waals surface area contributed by atoms with E-state index < -0.39 is 5.60 Å². The van der Waals surface area contributed by atoms with Crippen LogP contribution in [0.1, 0.15) is 39.2 Å². The lowest BCUT2D eigenvalue weighted by atomic mass is 9.98. The first-order valence-corrected chi connectivity index (χ1v) is 8.53. The molecule has 1 N–H and O–H groups in total. The lowest BCUT2D eigenvalue weighted by Crippen LogP contribution is -2.46. The first-order valence-electron chi connectivity index (χ1n) is 8.53. The molecule has 0 aliphatic carbocycles. The van der Waals surface area contributed by atoms with E-state index in [-0.39, 0.29) is 29.2 Å². The summed E-state index contributed by atoms with van der Waals surface area (Å²) in [6.45, 7) is 8.10. The molecule has 0 radical (unpaired) electrons. The molecule has 1 aromatic rings. The number of hydrogen-bond acceptors (Lipinski definition) is 4. The van der Waals surface area contributed by atoms with E-state index in [4.69, 9.17) is 4.74 Å². The smallest absolute Gasteiger partial charge is 0.322 e. The highest BCUT2D eigenvalue weighted by atomic mass is 16.6. The molecule has 7 nitrogen and oxygen atoms in total. The van der Waals surface area contributed by atoms with Crippen LogP contribution >= 0.6 is 0 Å². The van der Waals surface area contributed by atoms with Crippen LogP contribution in [0.2, 0.25) is 0 Å². The quantitative estimate of drug-likeness (QED) is 0.831. The van der Waals surface area contributed by atoms with Crippen molar-refractivity contribution in [1.29, 1.82) is 0 Å². The van der Waals surface area contributed by atoms with E-state index in [1.807, 2.05) is 20.8 Å². The van der Waals surface area contributed by atoms with Gasteiger partial charge in [0.1, 0.15) is 11.3 Å². The zero-order valence-electron chi connectivity index (χ0n) is 15.6. The van der Waals surface area contributed by atoms with Crippen LogP contribution < -0.4 is 10.9 Å². The molecule has 138 valence electrons. The summed E-state index contributed by atoms with van der Waals surface area (Å²) in [5, 5.41) is 2.70. The Balaban J connectivity index is 2.07. The van der Waals surface area contributed by atoms with Gasteiger partial charge in [-0.05, 0) is 52.2 Å². The molecular formula is C18H27N3O4. The number of rotatable bonds is 2. The lowest BCUT2D eigenvalue weighted by molar-refractivity contribution is -0.161. The molecule has 2 heterocycles. The molecule has 1 saturated heterocycles. The third-order valence-corrected chi connectivity index (χ3v) is 4.16. The van der Waals surface area contributed by atoms with Crippen LogP contribution in [0.25, 0.3) is 0 Å². The van der Waals surface area contributed by atoms with Gasteiger partial charge in [-0.3, -0.25) is 9.59 Å². The second kappa shape index (κ2) is 7.29. The SMILES string of the molecule is Cc1ccn(C)c(=O)c1NC(=O)N1CCCC(C(=O)OC(C)(C)C)C1. The minimum atomic E-state index is -0.547. The molecule has 7 heteroatoms. The van der Waals surface area contributed by atoms with Crippen molar-refractivity contribution in [2.75, 3.05) is 18.4 Å². The zero-order chi connectivity index (χ0) is 18.8. The Morgan fingerprint density at radius 3 is 2.64 bits per heavy atom. The molecule has 1 aliphatic rings. The van der Waals surface area contributed by atoms with E-state index in [2.05, 4.69) is 5.32 Å². The standard InChI is InChI=1S/C18H27N3O4/c1-12-8-10-20(5)15(22)14(12)19-17(24)21-9-6-7-13(11-21)16(23)25-18(2,3)4/h8,10,13H,6-7,9,11H2,1-5H3,(H,19,24). The Labute approximate surface area is 148 Å². The van der Waals surface area contributed by atoms with Gasteiger partial charge in [-0.25, -0.2) is 4.79 Å². The van der Waals surface area contributed by atoms with Gasteiger partial charge in [0.25, 0.3) is 5.56 Å². The highest BCUT2D eigenvalue weighted by molar-refractivity contribution is 5.90. The minimum Gasteiger partial charge on any atom is -0.460 e. The molecule has 1 aromatic heterocycles. The van der Waals surface area contributed by atoms with Gasteiger partial charge in [-0.2, -0.15) is 0 Å². The van der Waals surface area contributed by atoms with Crippen LogP contribution in [0, 0.1) is 12.8 Å². The van der Waals surface area contributed by atoms with Crippen molar-refractivity contribution in [3.8, 4) is 0 Å². The Bertz CT molecular complexity index is 718. The van der Waals surface area contributed by atoms with Crippen LogP contribution in [-0.2, 0) is 16.6 Å². The third-order valence-electron chi connectivity index (χ3n) is 4.16. The molecule has 0 aromatic carbocycles. The monoisotopic (exact) mass is 349 g/mol. The summed E-state index contributed by atoms with van der Waals surface area (Å²) in [5.41, 5.74) is 0.176. The maximum atomic E-state index is 12.6. The zero-order valence-corrected chi connectivity index (χ0v) is 15.6. The van der Waals surface area contributed by atoms with Gasteiger partial charge in [0.2, 0.25) is 0 Å². The molecule has 0 saturated carbocycles. The van der Waals surface area contributed by atoms with Gasteiger partial charge >= 0.3 is 12.0 Å². The largest absolute Gasteiger partial charge is 0.460 e. The molecule has 0 spiro atoms. The molecule has 1 atom stereocenters. The van der Waals surface area contributed by atoms with E-state index in [0.717, 1.165) is 6.42 Å². The van der Waals surface area contributed by atoms with Crippen molar-refractivity contribution < 1.29 is 14.3 Å². The molecule has 2 rings (SSSR count). The number of aromatic nitrogens is 1. The summed E-state index contributed by atoms with van der Waals surface area (Å²) in [5.74, 6) is -0.616. The maximum Gasteiger partial charge on any atom is 0.322 e. The minimum absolute atomic E-state index is 0.256. The number of aryl methyl sites for hydroxylation is 2. The number of nitrogens with one attached hydrogen (secondary N) is 1. The van der Waals surface area contributed by atoms with Gasteiger partial charge in [-0.1, -0.05) is 0 Å². The van der Waals surface area contributed by atoms with E-state index in [1.54, 1.807) is 31.1 Å². The molecular weight excluding hydrogens is 322 g/mol. The van der Waals surface area contributed by atoms with Gasteiger partial charge < -0.3 is 19.5 Å². The van der Waals surface area contributed by atoms with Crippen molar-refractivity contribution in [2.24, 2.45) is 13.0 Å². The molecule has 1 fully saturated rings. The van der Waals surface area contributed by atoms with Crippen molar-refractivity contribution in [1.82, 2.24) is 9.47 Å². The number of likely N-dealkylation sites (tertiary alicyclic amines) is 1. The second-order valence-electron chi connectivity index (χ2n) is 7.54. The number of hydrogen-bond donors (Lipinski definition) is 1. The number of amides is 2. The fraction of sp³-hybridized carbons (Fsp3) is 0.611. The number of carbonyl (C=O) groups is 2. The number of carbonyl (C=O) groups excluding carboxylic acids is 2. The van der Waals surface area contributed by atoms with E-state index in [0.29, 0.717) is 25.1 Å². The van der Waals surface area contributed by atoms with Crippen molar-refractivity contribution in [2.45, 2.75) is 46.1 Å². The van der Waals surface area contributed by atoms with Crippen LogP contribution in [0.15, 0.2) is 17.1 Å². The first kappa shape index (κ1) is 19.0. The number of urea groups is 1. The van der Waals surface area contributed by atoms with Gasteiger partial charge in [0.15, 0.2) is 0 Å². The normalized spacial score (nSPS) is 18.0. The highest BCUT2D eigenvalue weighted by Crippen LogP contribution is 2.21. The summed E-state index contributed by atoms with van der Waals surface area (Å²) in [4.78, 5) is 38.6. The van der Waals surface area contributed by atoms with Gasteiger partial charge in [0, 0.05) is 26.3 Å². The van der Waals surface area contributed by atoms with Crippen LogP contribution in [-0.4, -0.2) is 40.2 Å². The maximum absolute atomic E-state index is 12.6. The van der Waals surface area contributed by atoms with Crippen molar-refractivity contribution in [3.63, 3.8) is 0 Å². The molecule has 25 heavy (non-hydrogen) atoms. The average Bonchev–Trinajstić information content (AvgIpc) is 2.53. The predicted octanol–water partition coefficient (Wildman–Crippen LogP) is 2.28. The van der Waals surface area contributed by atoms with Crippen LogP contribution in [0.5, 0.6) is 0 Å². The van der Waals surface area contributed by atoms with Crippen LogP contribution in [0.3, 0.4) is 0 Å². The second-order valence-corrected chi connectivity index (χ2v) is 7.54. The van der Waals surface area contributed by atoms with Crippen molar-refractivity contribution >= 4 is 17.7 Å². The van der Waals surface area contributed by atoms with Gasteiger partial charge in [-0.15, -0.1) is 0 Å². The van der Waals surface area contributed by atoms with E-state index in [9.17, 15) is 14.4 Å². The number of anilines is 1. The van der Waals surface area contributed by atoms with Crippen molar-refractivity contribution in [3.05, 3.63) is 28.2 Å². The third kappa shape index (κ3) is 4.84. The fourth-order valence-corrected chi connectivity index (χ4v) is 2.80. The summed E-state index contributed by atoms with van der Waals surface area (Å²) < 4.78 is 6.85. The Morgan fingerprint density at radius 1 is 1.32 bits per heavy atom. The molecule has 2 amide bonds. The molecule has 1 aliphatic heterocycles. The average molecular weight is 349 g/mol. The Kier molecular flexibility index (Phi) is 5.55. The highest BCUT2D eigenvalue weighted by Gasteiger charge is 2.32.